The maximum atomic E-state index is 13.3. The number of likely N-dealkylation sites (tertiary alicyclic amines) is 1. The molecule has 0 bridgehead atoms. The second kappa shape index (κ2) is 10.5. The normalized spacial score (nSPS) is 19.3. The van der Waals surface area contributed by atoms with Crippen molar-refractivity contribution in [2.24, 2.45) is 5.92 Å². The van der Waals surface area contributed by atoms with Gasteiger partial charge in [0.15, 0.2) is 11.5 Å². The van der Waals surface area contributed by atoms with Crippen LogP contribution in [0.3, 0.4) is 0 Å². The highest BCUT2D eigenvalue weighted by molar-refractivity contribution is 6.30. The minimum atomic E-state index is -0.252. The molecule has 3 heterocycles. The fourth-order valence-corrected chi connectivity index (χ4v) is 4.46. The van der Waals surface area contributed by atoms with Gasteiger partial charge in [-0.05, 0) is 43.7 Å². The molecule has 1 aromatic heterocycles. The predicted octanol–water partition coefficient (Wildman–Crippen LogP) is 4.26. The number of benzene rings is 1. The van der Waals surface area contributed by atoms with Crippen molar-refractivity contribution in [2.45, 2.75) is 45.1 Å². The van der Waals surface area contributed by atoms with E-state index in [1.54, 1.807) is 23.1 Å². The van der Waals surface area contributed by atoms with Crippen LogP contribution in [0.15, 0.2) is 34.9 Å². The number of halogens is 1. The van der Waals surface area contributed by atoms with E-state index in [4.69, 9.17) is 20.9 Å². The number of amides is 2. The summed E-state index contributed by atoms with van der Waals surface area (Å²) in [7, 11) is 0. The average Bonchev–Trinajstić information content (AvgIpc) is 3.49. The standard InChI is InChI=1S/C24H30ClN3O4/c1-17-7-10-27(11-8-17)23(29)9-12-28(16-20-6-3-13-31-20)24(30)21-15-22(32-26-21)18-4-2-5-19(25)14-18/h2,4-5,14-15,17,20H,3,6-13,16H2,1H3/t20-/m0/s1. The average molecular weight is 460 g/mol. The van der Waals surface area contributed by atoms with Crippen LogP contribution < -0.4 is 0 Å². The quantitative estimate of drug-likeness (QED) is 0.618. The Kier molecular flexibility index (Phi) is 7.48. The van der Waals surface area contributed by atoms with E-state index >= 15 is 0 Å². The van der Waals surface area contributed by atoms with Gasteiger partial charge in [-0.15, -0.1) is 0 Å². The zero-order valence-electron chi connectivity index (χ0n) is 18.5. The molecule has 2 saturated heterocycles. The zero-order valence-corrected chi connectivity index (χ0v) is 19.2. The highest BCUT2D eigenvalue weighted by Gasteiger charge is 2.27. The van der Waals surface area contributed by atoms with Gasteiger partial charge in [0.25, 0.3) is 5.91 Å². The number of nitrogens with zero attached hydrogens (tertiary/aromatic N) is 3. The Morgan fingerprint density at radius 3 is 2.75 bits per heavy atom. The summed E-state index contributed by atoms with van der Waals surface area (Å²) in [6.45, 7) is 5.31. The van der Waals surface area contributed by atoms with Crippen LogP contribution in [0.1, 0.15) is 49.5 Å². The van der Waals surface area contributed by atoms with Gasteiger partial charge in [-0.1, -0.05) is 35.8 Å². The molecule has 0 N–H and O–H groups in total. The monoisotopic (exact) mass is 459 g/mol. The number of hydrogen-bond donors (Lipinski definition) is 0. The van der Waals surface area contributed by atoms with Crippen molar-refractivity contribution >= 4 is 23.4 Å². The molecular weight excluding hydrogens is 430 g/mol. The molecule has 32 heavy (non-hydrogen) atoms. The summed E-state index contributed by atoms with van der Waals surface area (Å²) < 4.78 is 11.2. The minimum Gasteiger partial charge on any atom is -0.376 e. The molecule has 4 rings (SSSR count). The van der Waals surface area contributed by atoms with Crippen LogP contribution in [0.25, 0.3) is 11.3 Å². The third-order valence-electron chi connectivity index (χ3n) is 6.31. The maximum Gasteiger partial charge on any atom is 0.276 e. The molecule has 2 aliphatic heterocycles. The van der Waals surface area contributed by atoms with Gasteiger partial charge in [0, 0.05) is 55.9 Å². The number of rotatable bonds is 7. The Morgan fingerprint density at radius 1 is 1.22 bits per heavy atom. The highest BCUT2D eigenvalue weighted by atomic mass is 35.5. The number of hydrogen-bond acceptors (Lipinski definition) is 5. The highest BCUT2D eigenvalue weighted by Crippen LogP contribution is 2.24. The SMILES string of the molecule is CC1CCN(C(=O)CCN(C[C@@H]2CCCO2)C(=O)c2cc(-c3cccc(Cl)c3)on2)CC1. The van der Waals surface area contributed by atoms with E-state index in [2.05, 4.69) is 12.1 Å². The summed E-state index contributed by atoms with van der Waals surface area (Å²) >= 11 is 6.07. The van der Waals surface area contributed by atoms with Crippen LogP contribution in [-0.2, 0) is 9.53 Å². The molecule has 2 aromatic rings. The smallest absolute Gasteiger partial charge is 0.276 e. The van der Waals surface area contributed by atoms with Gasteiger partial charge in [0.2, 0.25) is 5.91 Å². The molecule has 1 atom stereocenters. The van der Waals surface area contributed by atoms with Crippen molar-refractivity contribution < 1.29 is 18.8 Å². The molecule has 2 aliphatic rings. The Hall–Kier alpha value is -2.38. The lowest BCUT2D eigenvalue weighted by Crippen LogP contribution is -2.42. The first kappa shape index (κ1) is 22.8. The van der Waals surface area contributed by atoms with Gasteiger partial charge < -0.3 is 19.1 Å². The lowest BCUT2D eigenvalue weighted by atomic mass is 9.99. The van der Waals surface area contributed by atoms with Crippen LogP contribution >= 0.6 is 11.6 Å². The molecule has 2 amide bonds. The van der Waals surface area contributed by atoms with Gasteiger partial charge in [-0.3, -0.25) is 9.59 Å². The van der Waals surface area contributed by atoms with Crippen LogP contribution in [-0.4, -0.2) is 65.7 Å². The van der Waals surface area contributed by atoms with Crippen LogP contribution in [0.5, 0.6) is 0 Å². The Morgan fingerprint density at radius 2 is 2.03 bits per heavy atom. The molecule has 0 spiro atoms. The van der Waals surface area contributed by atoms with E-state index in [0.717, 1.165) is 44.3 Å². The number of piperidine rings is 1. The van der Waals surface area contributed by atoms with Crippen molar-refractivity contribution in [1.29, 1.82) is 0 Å². The van der Waals surface area contributed by atoms with E-state index < -0.39 is 0 Å². The van der Waals surface area contributed by atoms with Crippen molar-refractivity contribution in [3.63, 3.8) is 0 Å². The van der Waals surface area contributed by atoms with E-state index in [0.29, 0.717) is 42.8 Å². The summed E-state index contributed by atoms with van der Waals surface area (Å²) in [5.74, 6) is 0.989. The fourth-order valence-electron chi connectivity index (χ4n) is 4.27. The summed E-state index contributed by atoms with van der Waals surface area (Å²) in [6.07, 6.45) is 4.26. The van der Waals surface area contributed by atoms with E-state index in [1.165, 1.54) is 0 Å². The molecule has 2 fully saturated rings. The van der Waals surface area contributed by atoms with Crippen molar-refractivity contribution in [2.75, 3.05) is 32.8 Å². The topological polar surface area (TPSA) is 75.9 Å². The van der Waals surface area contributed by atoms with Crippen LogP contribution in [0, 0.1) is 5.92 Å². The van der Waals surface area contributed by atoms with Gasteiger partial charge in [-0.25, -0.2) is 0 Å². The molecule has 0 saturated carbocycles. The third kappa shape index (κ3) is 5.70. The van der Waals surface area contributed by atoms with Crippen molar-refractivity contribution in [3.8, 4) is 11.3 Å². The molecule has 0 aliphatic carbocycles. The third-order valence-corrected chi connectivity index (χ3v) is 6.54. The number of ether oxygens (including phenoxy) is 1. The Bertz CT molecular complexity index is 933. The largest absolute Gasteiger partial charge is 0.376 e. The maximum absolute atomic E-state index is 13.3. The number of carbonyl (C=O) groups is 2. The number of carbonyl (C=O) groups excluding carboxylic acids is 2. The minimum absolute atomic E-state index is 0.0100. The summed E-state index contributed by atoms with van der Waals surface area (Å²) in [5, 5.41) is 4.58. The molecule has 7 nitrogen and oxygen atoms in total. The van der Waals surface area contributed by atoms with E-state index in [9.17, 15) is 9.59 Å². The second-order valence-corrected chi connectivity index (χ2v) is 9.22. The van der Waals surface area contributed by atoms with Crippen LogP contribution in [0.2, 0.25) is 5.02 Å². The second-order valence-electron chi connectivity index (χ2n) is 8.79. The lowest BCUT2D eigenvalue weighted by molar-refractivity contribution is -0.132. The first-order valence-corrected chi connectivity index (χ1v) is 11.8. The molecular formula is C24H30ClN3O4. The first-order chi connectivity index (χ1) is 15.5. The molecule has 1 aromatic carbocycles. The molecule has 172 valence electrons. The molecule has 0 radical (unpaired) electrons. The molecule has 8 heteroatoms. The van der Waals surface area contributed by atoms with Gasteiger partial charge >= 0.3 is 0 Å². The summed E-state index contributed by atoms with van der Waals surface area (Å²) in [6, 6.07) is 8.83. The Balaban J connectivity index is 1.43. The van der Waals surface area contributed by atoms with E-state index in [-0.39, 0.29) is 23.6 Å². The van der Waals surface area contributed by atoms with Crippen molar-refractivity contribution in [1.82, 2.24) is 15.0 Å². The fraction of sp³-hybridized carbons (Fsp3) is 0.542. The lowest BCUT2D eigenvalue weighted by Gasteiger charge is -2.31. The van der Waals surface area contributed by atoms with Gasteiger partial charge in [-0.2, -0.15) is 0 Å². The predicted molar refractivity (Wildman–Crippen MR) is 121 cm³/mol. The van der Waals surface area contributed by atoms with E-state index in [1.807, 2.05) is 17.0 Å². The van der Waals surface area contributed by atoms with Crippen LogP contribution in [0.4, 0.5) is 0 Å². The summed E-state index contributed by atoms with van der Waals surface area (Å²) in [4.78, 5) is 29.6. The number of aromatic nitrogens is 1. The first-order valence-electron chi connectivity index (χ1n) is 11.4. The summed E-state index contributed by atoms with van der Waals surface area (Å²) in [5.41, 5.74) is 0.974. The zero-order chi connectivity index (χ0) is 22.5. The van der Waals surface area contributed by atoms with Gasteiger partial charge in [0.05, 0.1) is 6.10 Å². The van der Waals surface area contributed by atoms with Gasteiger partial charge in [0.1, 0.15) is 0 Å². The Labute approximate surface area is 193 Å². The van der Waals surface area contributed by atoms with Crippen molar-refractivity contribution in [3.05, 3.63) is 41.0 Å². The molecule has 0 unspecified atom stereocenters.